The van der Waals surface area contributed by atoms with E-state index >= 15 is 0 Å². The molecule has 0 bridgehead atoms. The number of nitrogens with zero attached hydrogens (tertiary/aromatic N) is 2. The molecule has 0 N–H and O–H groups in total. The Morgan fingerprint density at radius 2 is 0.774 bits per heavy atom. The van der Waals surface area contributed by atoms with E-state index in [-0.39, 0.29) is 0 Å². The Balaban J connectivity index is 1.24. The molecule has 0 aromatic heterocycles. The second-order valence-electron chi connectivity index (χ2n) is 18.0. The maximum Gasteiger partial charge on any atom is 0.0991 e. The zero-order chi connectivity index (χ0) is 41.7. The van der Waals surface area contributed by atoms with Crippen LogP contribution in [0.1, 0.15) is 61.8 Å². The van der Waals surface area contributed by atoms with Crippen molar-refractivity contribution in [2.45, 2.75) is 39.5 Å². The van der Waals surface area contributed by atoms with Crippen molar-refractivity contribution in [1.29, 1.82) is 10.5 Å². The maximum absolute atomic E-state index is 9.87. The molecule has 12 aromatic carbocycles. The highest BCUT2D eigenvalue weighted by Gasteiger charge is 2.33. The normalized spacial score (nSPS) is 12.5. The highest BCUT2D eigenvalue weighted by Crippen LogP contribution is 2.59. The number of fused-ring (bicyclic) bond motifs is 11. The molecule has 0 spiro atoms. The second-order valence-corrected chi connectivity index (χ2v) is 18.0. The van der Waals surface area contributed by atoms with Crippen molar-refractivity contribution in [3.05, 3.63) is 168 Å². The van der Waals surface area contributed by atoms with Crippen LogP contribution in [0.25, 0.3) is 131 Å². The fraction of sp³-hybridized carbons (Fsp3) is 0.100. The summed E-state index contributed by atoms with van der Waals surface area (Å²) in [6, 6.07) is 58.0. The Labute approximate surface area is 359 Å². The van der Waals surface area contributed by atoms with E-state index in [0.29, 0.717) is 23.0 Å². The van der Waals surface area contributed by atoms with Gasteiger partial charge in [0, 0.05) is 0 Å². The molecule has 0 amide bonds. The Morgan fingerprint density at radius 3 is 1.19 bits per heavy atom. The van der Waals surface area contributed by atoms with E-state index in [9.17, 15) is 10.5 Å². The third-order valence-electron chi connectivity index (χ3n) is 14.2. The summed E-state index contributed by atoms with van der Waals surface area (Å²) in [5.41, 5.74) is 14.2. The average molecular weight is 787 g/mol. The third-order valence-corrected chi connectivity index (χ3v) is 14.2. The van der Waals surface area contributed by atoms with Gasteiger partial charge in [0.05, 0.1) is 23.3 Å². The first-order valence-electron chi connectivity index (χ1n) is 21.8. The van der Waals surface area contributed by atoms with Gasteiger partial charge in [0.1, 0.15) is 0 Å². The van der Waals surface area contributed by atoms with Crippen LogP contribution in [0.5, 0.6) is 0 Å². The van der Waals surface area contributed by atoms with E-state index in [1.165, 1.54) is 131 Å². The van der Waals surface area contributed by atoms with Crippen LogP contribution in [0.15, 0.2) is 146 Å². The van der Waals surface area contributed by atoms with Gasteiger partial charge >= 0.3 is 0 Å². The smallest absolute Gasteiger partial charge is 0.0991 e. The van der Waals surface area contributed by atoms with Gasteiger partial charge in [-0.25, -0.2) is 0 Å². The van der Waals surface area contributed by atoms with Gasteiger partial charge in [-0.1, -0.05) is 137 Å². The Kier molecular flexibility index (Phi) is 7.00. The van der Waals surface area contributed by atoms with Gasteiger partial charge in [0.25, 0.3) is 0 Å². The fourth-order valence-corrected chi connectivity index (χ4v) is 11.9. The maximum atomic E-state index is 9.87. The molecular weight excluding hydrogens is 749 g/mol. The molecule has 62 heavy (non-hydrogen) atoms. The lowest BCUT2D eigenvalue weighted by Crippen LogP contribution is -2.01. The van der Waals surface area contributed by atoms with Crippen LogP contribution >= 0.6 is 0 Å². The summed E-state index contributed by atoms with van der Waals surface area (Å²) in [5, 5.41) is 40.0. The number of hydrogen-bond acceptors (Lipinski definition) is 2. The summed E-state index contributed by atoms with van der Waals surface area (Å²) >= 11 is 0. The minimum atomic E-state index is 0.352. The van der Waals surface area contributed by atoms with Gasteiger partial charge in [-0.3, -0.25) is 0 Å². The lowest BCUT2D eigenvalue weighted by molar-refractivity contribution is 0.864. The lowest BCUT2D eigenvalue weighted by atomic mass is 9.80. The minimum Gasteiger partial charge on any atom is -0.192 e. The molecule has 0 saturated carbocycles. The Morgan fingerprint density at radius 1 is 0.339 bits per heavy atom. The predicted octanol–water partition coefficient (Wildman–Crippen LogP) is 16.8. The molecule has 2 heteroatoms. The molecule has 2 nitrogen and oxygen atoms in total. The van der Waals surface area contributed by atoms with Gasteiger partial charge in [0.2, 0.25) is 0 Å². The van der Waals surface area contributed by atoms with E-state index in [2.05, 4.69) is 161 Å². The molecule has 0 atom stereocenters. The summed E-state index contributed by atoms with van der Waals surface area (Å²) in [7, 11) is 0. The first-order chi connectivity index (χ1) is 30.4. The van der Waals surface area contributed by atoms with Crippen LogP contribution in [0.2, 0.25) is 0 Å². The van der Waals surface area contributed by atoms with Crippen LogP contribution in [0.3, 0.4) is 0 Å². The molecular formula is C60H38N2. The monoisotopic (exact) mass is 786 g/mol. The number of rotatable bonds is 4. The van der Waals surface area contributed by atoms with Gasteiger partial charge in [-0.05, 0) is 190 Å². The van der Waals surface area contributed by atoms with E-state index < -0.39 is 0 Å². The summed E-state index contributed by atoms with van der Waals surface area (Å²) < 4.78 is 0. The number of nitriles is 2. The average Bonchev–Trinajstić information content (AvgIpc) is 3.92. The summed E-state index contributed by atoms with van der Waals surface area (Å²) in [5.74, 6) is 0.704. The third kappa shape index (κ3) is 4.36. The first-order valence-corrected chi connectivity index (χ1v) is 21.8. The van der Waals surface area contributed by atoms with Crippen molar-refractivity contribution in [1.82, 2.24) is 0 Å². The summed E-state index contributed by atoms with van der Waals surface area (Å²) in [6.45, 7) is 9.40. The molecule has 13 rings (SSSR count). The van der Waals surface area contributed by atoms with Gasteiger partial charge in [0.15, 0.2) is 0 Å². The zero-order valence-electron chi connectivity index (χ0n) is 34.9. The Bertz CT molecular complexity index is 3770. The topological polar surface area (TPSA) is 47.6 Å². The Hall–Kier alpha value is -7.78. The van der Waals surface area contributed by atoms with Crippen molar-refractivity contribution in [3.63, 3.8) is 0 Å². The summed E-state index contributed by atoms with van der Waals surface area (Å²) in [6.07, 6.45) is 0. The number of hydrogen-bond donors (Lipinski definition) is 0. The van der Waals surface area contributed by atoms with Crippen molar-refractivity contribution in [3.8, 4) is 56.6 Å². The van der Waals surface area contributed by atoms with Crippen molar-refractivity contribution in [2.24, 2.45) is 0 Å². The largest absolute Gasteiger partial charge is 0.192 e. The molecule has 0 unspecified atom stereocenters. The molecule has 1 aliphatic rings. The predicted molar refractivity (Wildman–Crippen MR) is 262 cm³/mol. The SMILES string of the molecule is CC(C)c1c2c(c(C(C)C)c3ccccc13)-c1ccc3c4cc5c(-c6ccc(C#N)cc6)c6c7cccc8cccc(c6c(-c6ccc(C#N)cc6)c5cc4c4ccc-2c1c43)c87. The molecule has 0 fully saturated rings. The lowest BCUT2D eigenvalue weighted by Gasteiger charge is -2.23. The standard InChI is InChI=1S/C60H38N2/c1-31(2)50-38-11-5-6-12-39(38)51(32(3)4)58-45-26-24-41-47-28-49-48(27-46(47)40-23-25-44(57(50)58)56(45)55(40)41)53(36-19-15-33(29-61)16-20-36)59-42-13-7-9-35-10-8-14-43(52(35)42)60(59)54(49)37-21-17-34(30-62)18-22-37/h5-28,31-32H,1-4H3. The van der Waals surface area contributed by atoms with E-state index in [0.717, 1.165) is 11.1 Å². The zero-order valence-corrected chi connectivity index (χ0v) is 34.9. The molecule has 12 aromatic rings. The number of benzene rings is 10. The van der Waals surface area contributed by atoms with E-state index in [1.54, 1.807) is 0 Å². The van der Waals surface area contributed by atoms with Gasteiger partial charge in [-0.2, -0.15) is 10.5 Å². The van der Waals surface area contributed by atoms with E-state index in [4.69, 9.17) is 0 Å². The van der Waals surface area contributed by atoms with Gasteiger partial charge < -0.3 is 0 Å². The van der Waals surface area contributed by atoms with Crippen LogP contribution in [0, 0.1) is 22.7 Å². The highest BCUT2D eigenvalue weighted by molar-refractivity contribution is 6.43. The molecule has 0 saturated heterocycles. The van der Waals surface area contributed by atoms with Gasteiger partial charge in [-0.15, -0.1) is 0 Å². The molecule has 1 aliphatic carbocycles. The quantitative estimate of drug-likeness (QED) is 0.178. The molecule has 0 aliphatic heterocycles. The fourth-order valence-electron chi connectivity index (χ4n) is 11.9. The summed E-state index contributed by atoms with van der Waals surface area (Å²) in [4.78, 5) is 0. The second kappa shape index (κ2) is 12.4. The highest BCUT2D eigenvalue weighted by atomic mass is 14.4. The van der Waals surface area contributed by atoms with Crippen molar-refractivity contribution < 1.29 is 0 Å². The van der Waals surface area contributed by atoms with Crippen molar-refractivity contribution >= 4 is 86.2 Å². The van der Waals surface area contributed by atoms with Crippen LogP contribution in [-0.4, -0.2) is 0 Å². The van der Waals surface area contributed by atoms with Crippen molar-refractivity contribution in [2.75, 3.05) is 0 Å². The minimum absolute atomic E-state index is 0.352. The molecule has 288 valence electrons. The first kappa shape index (κ1) is 35.0. The molecule has 0 heterocycles. The molecule has 0 radical (unpaired) electrons. The van der Waals surface area contributed by atoms with Crippen LogP contribution in [0.4, 0.5) is 0 Å². The van der Waals surface area contributed by atoms with Crippen LogP contribution in [-0.2, 0) is 0 Å². The van der Waals surface area contributed by atoms with Crippen LogP contribution < -0.4 is 0 Å². The van der Waals surface area contributed by atoms with E-state index in [1.807, 2.05) is 24.3 Å².